The maximum atomic E-state index is 12.8. The van der Waals surface area contributed by atoms with Crippen LogP contribution in [0.15, 0.2) is 28.0 Å². The number of carbonyl (C=O) groups excluding carboxylic acids is 1. The molecular weight excluding hydrogens is 332 g/mol. The van der Waals surface area contributed by atoms with Crippen molar-refractivity contribution in [3.8, 4) is 0 Å². The van der Waals surface area contributed by atoms with E-state index in [1.54, 1.807) is 12.1 Å². The molecule has 2 aliphatic rings. The third-order valence-corrected chi connectivity index (χ3v) is 7.13. The molecule has 0 saturated carbocycles. The Morgan fingerprint density at radius 3 is 2.81 bits per heavy atom. The number of rotatable bonds is 3. The Hall–Kier alpha value is -0.760. The average molecular weight is 347 g/mol. The van der Waals surface area contributed by atoms with Crippen molar-refractivity contribution in [1.82, 2.24) is 9.62 Å². The summed E-state index contributed by atoms with van der Waals surface area (Å²) in [6.07, 6.45) is 3.16. The molecule has 2 heterocycles. The number of nitrogens with zero attached hydrogens (tertiary/aromatic N) is 1. The van der Waals surface area contributed by atoms with E-state index in [-0.39, 0.29) is 16.8 Å². The van der Waals surface area contributed by atoms with Crippen molar-refractivity contribution >= 4 is 39.3 Å². The van der Waals surface area contributed by atoms with E-state index in [2.05, 4.69) is 5.32 Å². The molecule has 1 aromatic rings. The van der Waals surface area contributed by atoms with E-state index < -0.39 is 16.1 Å². The number of hydrogen-bond acceptors (Lipinski definition) is 4. The fourth-order valence-electron chi connectivity index (χ4n) is 2.93. The van der Waals surface area contributed by atoms with E-state index in [0.717, 1.165) is 4.90 Å². The Balaban J connectivity index is 2.01. The molecule has 0 radical (unpaired) electrons. The van der Waals surface area contributed by atoms with Crippen LogP contribution in [0, 0.1) is 0 Å². The van der Waals surface area contributed by atoms with E-state index in [1.807, 2.05) is 6.26 Å². The second-order valence-corrected chi connectivity index (χ2v) is 8.22. The van der Waals surface area contributed by atoms with Crippen molar-refractivity contribution in [1.29, 1.82) is 0 Å². The number of fused-ring (bicyclic) bond motifs is 2. The van der Waals surface area contributed by atoms with Crippen LogP contribution >= 0.6 is 23.4 Å². The highest BCUT2D eigenvalue weighted by Gasteiger charge is 2.48. The number of thioether (sulfide) groups is 1. The molecular formula is C13H15ClN2O3S2. The molecule has 1 N–H and O–H groups in total. The number of hydrogen-bond donors (Lipinski definition) is 1. The largest absolute Gasteiger partial charge is 0.353 e. The summed E-state index contributed by atoms with van der Waals surface area (Å²) in [6.45, 7) is 0.380. The van der Waals surface area contributed by atoms with Crippen LogP contribution in [0.2, 0.25) is 5.02 Å². The summed E-state index contributed by atoms with van der Waals surface area (Å²) in [5.74, 6) is -0.209. The average Bonchev–Trinajstić information content (AvgIpc) is 2.81. The molecule has 1 amide bonds. The first-order valence-corrected chi connectivity index (χ1v) is 9.64. The van der Waals surface area contributed by atoms with Gasteiger partial charge in [0.2, 0.25) is 15.9 Å². The SMILES string of the molecule is CSc1ccc(S(=O)(=O)N2C3CCC2C(=O)NC3)cc1Cl. The monoisotopic (exact) mass is 346 g/mol. The summed E-state index contributed by atoms with van der Waals surface area (Å²) in [5, 5.41) is 3.17. The van der Waals surface area contributed by atoms with Gasteiger partial charge in [-0.05, 0) is 37.3 Å². The molecule has 2 saturated heterocycles. The fraction of sp³-hybridized carbons (Fsp3) is 0.462. The molecule has 0 spiro atoms. The van der Waals surface area contributed by atoms with E-state index in [0.29, 0.717) is 24.4 Å². The predicted molar refractivity (Wildman–Crippen MR) is 82.1 cm³/mol. The fourth-order valence-corrected chi connectivity index (χ4v) is 5.72. The van der Waals surface area contributed by atoms with Crippen molar-refractivity contribution in [2.45, 2.75) is 34.7 Å². The van der Waals surface area contributed by atoms with E-state index >= 15 is 0 Å². The van der Waals surface area contributed by atoms with Gasteiger partial charge in [-0.1, -0.05) is 11.6 Å². The van der Waals surface area contributed by atoms with Crippen LogP contribution in [0.1, 0.15) is 12.8 Å². The Kier molecular flexibility index (Phi) is 3.94. The smallest absolute Gasteiger partial charge is 0.244 e. The maximum absolute atomic E-state index is 12.8. The van der Waals surface area contributed by atoms with E-state index in [4.69, 9.17) is 11.6 Å². The van der Waals surface area contributed by atoms with Gasteiger partial charge < -0.3 is 5.32 Å². The highest BCUT2D eigenvalue weighted by atomic mass is 35.5. The lowest BCUT2D eigenvalue weighted by Gasteiger charge is -2.33. The molecule has 0 aromatic heterocycles. The summed E-state index contributed by atoms with van der Waals surface area (Å²) in [6, 6.07) is 3.98. The number of nitrogens with one attached hydrogen (secondary N) is 1. The van der Waals surface area contributed by atoms with Crippen molar-refractivity contribution in [3.63, 3.8) is 0 Å². The number of halogens is 1. The van der Waals surface area contributed by atoms with Gasteiger partial charge in [-0.15, -0.1) is 11.8 Å². The number of carbonyl (C=O) groups is 1. The van der Waals surface area contributed by atoms with Gasteiger partial charge in [-0.25, -0.2) is 8.42 Å². The lowest BCUT2D eigenvalue weighted by Crippen LogP contribution is -2.57. The second kappa shape index (κ2) is 5.46. The van der Waals surface area contributed by atoms with Gasteiger partial charge in [-0.2, -0.15) is 4.31 Å². The summed E-state index contributed by atoms with van der Waals surface area (Å²) in [5.41, 5.74) is 0. The van der Waals surface area contributed by atoms with Crippen LogP contribution in [0.5, 0.6) is 0 Å². The minimum absolute atomic E-state index is 0.150. The molecule has 2 atom stereocenters. The molecule has 1 aromatic carbocycles. The number of piperazine rings is 1. The number of sulfonamides is 1. The van der Waals surface area contributed by atoms with Crippen molar-refractivity contribution < 1.29 is 13.2 Å². The Labute approximate surface area is 133 Å². The zero-order valence-electron chi connectivity index (χ0n) is 11.4. The number of amides is 1. The van der Waals surface area contributed by atoms with E-state index in [9.17, 15) is 13.2 Å². The molecule has 3 rings (SSSR count). The van der Waals surface area contributed by atoms with Crippen molar-refractivity contribution in [2.24, 2.45) is 0 Å². The molecule has 2 aliphatic heterocycles. The van der Waals surface area contributed by atoms with Gasteiger partial charge >= 0.3 is 0 Å². The van der Waals surface area contributed by atoms with Crippen molar-refractivity contribution in [3.05, 3.63) is 23.2 Å². The van der Waals surface area contributed by atoms with Crippen LogP contribution in [-0.4, -0.2) is 43.5 Å². The molecule has 114 valence electrons. The lowest BCUT2D eigenvalue weighted by molar-refractivity contribution is -0.126. The quantitative estimate of drug-likeness (QED) is 0.846. The Morgan fingerprint density at radius 2 is 2.14 bits per heavy atom. The topological polar surface area (TPSA) is 66.5 Å². The minimum atomic E-state index is -3.70. The molecule has 21 heavy (non-hydrogen) atoms. The predicted octanol–water partition coefficient (Wildman–Crippen LogP) is 1.71. The standard InChI is InChI=1S/C13H15ClN2O3S2/c1-20-12-5-3-9(6-10(12)14)21(18,19)16-8-2-4-11(16)13(17)15-7-8/h3,5-6,8,11H,2,4,7H2,1H3,(H,15,17). The van der Waals surface area contributed by atoms with E-state index in [1.165, 1.54) is 22.1 Å². The van der Waals surface area contributed by atoms with Crippen LogP contribution in [-0.2, 0) is 14.8 Å². The molecule has 8 heteroatoms. The van der Waals surface area contributed by atoms with Crippen molar-refractivity contribution in [2.75, 3.05) is 12.8 Å². The summed E-state index contributed by atoms with van der Waals surface area (Å²) >= 11 is 7.57. The first-order valence-electron chi connectivity index (χ1n) is 6.60. The maximum Gasteiger partial charge on any atom is 0.244 e. The molecule has 0 aliphatic carbocycles. The van der Waals surface area contributed by atoms with Gasteiger partial charge in [-0.3, -0.25) is 4.79 Å². The molecule has 2 fully saturated rings. The van der Waals surface area contributed by atoms with Gasteiger partial charge in [0.25, 0.3) is 0 Å². The molecule has 2 bridgehead atoms. The third kappa shape index (κ3) is 2.46. The first kappa shape index (κ1) is 15.1. The van der Waals surface area contributed by atoms with Crippen LogP contribution in [0.4, 0.5) is 0 Å². The summed E-state index contributed by atoms with van der Waals surface area (Å²) in [4.78, 5) is 12.8. The second-order valence-electron chi connectivity index (χ2n) is 5.12. The zero-order valence-corrected chi connectivity index (χ0v) is 13.8. The van der Waals surface area contributed by atoms with Crippen LogP contribution in [0.3, 0.4) is 0 Å². The first-order chi connectivity index (χ1) is 9.95. The van der Waals surface area contributed by atoms with Gasteiger partial charge in [0, 0.05) is 17.5 Å². The molecule has 5 nitrogen and oxygen atoms in total. The zero-order chi connectivity index (χ0) is 15.2. The summed E-state index contributed by atoms with van der Waals surface area (Å²) < 4.78 is 27.0. The lowest BCUT2D eigenvalue weighted by atomic mass is 10.2. The third-order valence-electron chi connectivity index (χ3n) is 3.95. The van der Waals surface area contributed by atoms with Gasteiger partial charge in [0.1, 0.15) is 6.04 Å². The van der Waals surface area contributed by atoms with Crippen LogP contribution in [0.25, 0.3) is 0 Å². The number of benzene rings is 1. The van der Waals surface area contributed by atoms with Gasteiger partial charge in [0.15, 0.2) is 0 Å². The minimum Gasteiger partial charge on any atom is -0.353 e. The molecule has 2 unspecified atom stereocenters. The highest BCUT2D eigenvalue weighted by molar-refractivity contribution is 7.98. The Morgan fingerprint density at radius 1 is 1.38 bits per heavy atom. The van der Waals surface area contributed by atoms with Crippen LogP contribution < -0.4 is 5.32 Å². The Bertz CT molecular complexity index is 693. The summed E-state index contributed by atoms with van der Waals surface area (Å²) in [7, 11) is -3.70. The highest BCUT2D eigenvalue weighted by Crippen LogP contribution is 2.35. The normalized spacial score (nSPS) is 25.9. The van der Waals surface area contributed by atoms with Gasteiger partial charge in [0.05, 0.1) is 9.92 Å².